The Labute approximate surface area is 83.9 Å². The number of alkyl halides is 3. The number of fused-ring (bicyclic) bond motifs is 1. The Morgan fingerprint density at radius 2 is 2.07 bits per heavy atom. The maximum Gasteiger partial charge on any atom is 0.407 e. The molecule has 0 aromatic heterocycles. The number of hydrogen-bond donors (Lipinski definition) is 1. The van der Waals surface area contributed by atoms with Crippen LogP contribution in [0.1, 0.15) is 17.2 Å². The highest BCUT2D eigenvalue weighted by atomic mass is 35.5. The molecule has 0 amide bonds. The lowest BCUT2D eigenvalue weighted by Gasteiger charge is -2.15. The fraction of sp³-hybridized carbons (Fsp3) is 0.333. The van der Waals surface area contributed by atoms with Gasteiger partial charge in [-0.2, -0.15) is 13.2 Å². The van der Waals surface area contributed by atoms with E-state index in [1.165, 1.54) is 6.07 Å². The molecule has 1 atom stereocenters. The van der Waals surface area contributed by atoms with E-state index in [0.29, 0.717) is 10.6 Å². The first kappa shape index (κ1) is 9.80. The molecule has 0 unspecified atom stereocenters. The zero-order valence-electron chi connectivity index (χ0n) is 7.03. The summed E-state index contributed by atoms with van der Waals surface area (Å²) in [6.45, 7) is 0.247. The van der Waals surface area contributed by atoms with Gasteiger partial charge in [0.2, 0.25) is 0 Å². The third-order valence-electron chi connectivity index (χ3n) is 2.24. The molecule has 0 aliphatic carbocycles. The van der Waals surface area contributed by atoms with Gasteiger partial charge in [-0.15, -0.1) is 0 Å². The SMILES string of the molecule is FC(F)(F)[C@@H]1NCc2ccc(Cl)cc21. The van der Waals surface area contributed by atoms with Crippen molar-refractivity contribution >= 4 is 11.6 Å². The van der Waals surface area contributed by atoms with Crippen LogP contribution in [-0.2, 0) is 6.54 Å². The largest absolute Gasteiger partial charge is 0.407 e. The molecule has 2 rings (SSSR count). The molecule has 1 aliphatic heterocycles. The molecule has 0 spiro atoms. The summed E-state index contributed by atoms with van der Waals surface area (Å²) in [5, 5.41) is 2.74. The predicted octanol–water partition coefficient (Wildman–Crippen LogP) is 3.05. The second-order valence-electron chi connectivity index (χ2n) is 3.20. The first-order valence-corrected chi connectivity index (χ1v) is 4.45. The van der Waals surface area contributed by atoms with E-state index in [1.807, 2.05) is 0 Å². The van der Waals surface area contributed by atoms with E-state index in [-0.39, 0.29) is 12.1 Å². The summed E-state index contributed by atoms with van der Waals surface area (Å²) in [5.74, 6) is 0. The van der Waals surface area contributed by atoms with Gasteiger partial charge in [0.25, 0.3) is 0 Å². The van der Waals surface area contributed by atoms with Gasteiger partial charge in [-0.1, -0.05) is 17.7 Å². The van der Waals surface area contributed by atoms with Gasteiger partial charge in [0, 0.05) is 11.6 Å². The molecule has 1 aromatic carbocycles. The van der Waals surface area contributed by atoms with E-state index in [2.05, 4.69) is 5.32 Å². The quantitative estimate of drug-likeness (QED) is 0.710. The molecule has 1 nitrogen and oxygen atoms in total. The third-order valence-corrected chi connectivity index (χ3v) is 2.48. The zero-order chi connectivity index (χ0) is 10.3. The maximum absolute atomic E-state index is 12.5. The summed E-state index contributed by atoms with van der Waals surface area (Å²) >= 11 is 5.64. The van der Waals surface area contributed by atoms with E-state index in [1.54, 1.807) is 12.1 Å². The van der Waals surface area contributed by atoms with Crippen LogP contribution < -0.4 is 5.32 Å². The van der Waals surface area contributed by atoms with E-state index < -0.39 is 12.2 Å². The molecule has 1 heterocycles. The van der Waals surface area contributed by atoms with Crippen molar-refractivity contribution in [2.75, 3.05) is 0 Å². The monoisotopic (exact) mass is 221 g/mol. The lowest BCUT2D eigenvalue weighted by Crippen LogP contribution is -2.28. The molecule has 0 saturated heterocycles. The molecule has 1 N–H and O–H groups in total. The van der Waals surface area contributed by atoms with Crippen LogP contribution in [0.5, 0.6) is 0 Å². The first-order valence-electron chi connectivity index (χ1n) is 4.07. The molecule has 76 valence electrons. The standard InChI is InChI=1S/C9H7ClF3N/c10-6-2-1-5-4-14-8(7(5)3-6)9(11,12)13/h1-3,8,14H,4H2/t8-/m1/s1. The van der Waals surface area contributed by atoms with Gasteiger partial charge in [0.15, 0.2) is 0 Å². The highest BCUT2D eigenvalue weighted by Gasteiger charge is 2.44. The summed E-state index contributed by atoms with van der Waals surface area (Å²) in [7, 11) is 0. The molecule has 0 radical (unpaired) electrons. The maximum atomic E-state index is 12.5. The summed E-state index contributed by atoms with van der Waals surface area (Å²) in [6.07, 6.45) is -4.25. The summed E-state index contributed by atoms with van der Waals surface area (Å²) < 4.78 is 37.4. The molecular formula is C9H7ClF3N. The number of nitrogens with one attached hydrogen (secondary N) is 1. The van der Waals surface area contributed by atoms with Crippen molar-refractivity contribution in [3.05, 3.63) is 34.3 Å². The molecular weight excluding hydrogens is 215 g/mol. The lowest BCUT2D eigenvalue weighted by molar-refractivity contribution is -0.155. The van der Waals surface area contributed by atoms with Crippen LogP contribution in [0.4, 0.5) is 13.2 Å². The van der Waals surface area contributed by atoms with Crippen molar-refractivity contribution in [3.63, 3.8) is 0 Å². The number of benzene rings is 1. The lowest BCUT2D eigenvalue weighted by atomic mass is 10.1. The number of hydrogen-bond acceptors (Lipinski definition) is 1. The fourth-order valence-corrected chi connectivity index (χ4v) is 1.79. The highest BCUT2D eigenvalue weighted by Crippen LogP contribution is 2.39. The van der Waals surface area contributed by atoms with Crippen molar-refractivity contribution in [2.45, 2.75) is 18.8 Å². The number of halogens is 4. The molecule has 1 aromatic rings. The minimum Gasteiger partial charge on any atom is -0.298 e. The molecule has 1 aliphatic rings. The predicted molar refractivity (Wildman–Crippen MR) is 47.1 cm³/mol. The smallest absolute Gasteiger partial charge is 0.298 e. The minimum atomic E-state index is -4.25. The first-order chi connectivity index (χ1) is 6.48. The summed E-state index contributed by atoms with van der Waals surface area (Å²) in [6, 6.07) is 3.02. The minimum absolute atomic E-state index is 0.241. The average molecular weight is 222 g/mol. The highest BCUT2D eigenvalue weighted by molar-refractivity contribution is 6.30. The molecule has 0 saturated carbocycles. The van der Waals surface area contributed by atoms with E-state index in [4.69, 9.17) is 11.6 Å². The van der Waals surface area contributed by atoms with Gasteiger partial charge < -0.3 is 0 Å². The van der Waals surface area contributed by atoms with Crippen molar-refractivity contribution in [3.8, 4) is 0 Å². The van der Waals surface area contributed by atoms with Crippen molar-refractivity contribution in [1.82, 2.24) is 5.32 Å². The third kappa shape index (κ3) is 1.60. The van der Waals surface area contributed by atoms with E-state index in [0.717, 1.165) is 0 Å². The van der Waals surface area contributed by atoms with Crippen LogP contribution >= 0.6 is 11.6 Å². The molecule has 0 bridgehead atoms. The van der Waals surface area contributed by atoms with Crippen LogP contribution in [-0.4, -0.2) is 6.18 Å². The van der Waals surface area contributed by atoms with Crippen molar-refractivity contribution in [1.29, 1.82) is 0 Å². The van der Waals surface area contributed by atoms with Crippen LogP contribution in [0.25, 0.3) is 0 Å². The Morgan fingerprint density at radius 3 is 2.71 bits per heavy atom. The Balaban J connectivity index is 2.43. The molecule has 5 heteroatoms. The van der Waals surface area contributed by atoms with Crippen molar-refractivity contribution in [2.24, 2.45) is 0 Å². The van der Waals surface area contributed by atoms with Crippen molar-refractivity contribution < 1.29 is 13.2 Å². The van der Waals surface area contributed by atoms with Crippen LogP contribution in [0, 0.1) is 0 Å². The molecule has 0 fully saturated rings. The van der Waals surface area contributed by atoms with E-state index >= 15 is 0 Å². The van der Waals surface area contributed by atoms with Gasteiger partial charge in [-0.3, -0.25) is 5.32 Å². The van der Waals surface area contributed by atoms with Gasteiger partial charge in [0.05, 0.1) is 0 Å². The average Bonchev–Trinajstić information content (AvgIpc) is 2.45. The topological polar surface area (TPSA) is 12.0 Å². The summed E-state index contributed by atoms with van der Waals surface area (Å²) in [4.78, 5) is 0. The van der Waals surface area contributed by atoms with Crippen LogP contribution in [0.3, 0.4) is 0 Å². The summed E-state index contributed by atoms with van der Waals surface area (Å²) in [5.41, 5.74) is 0.904. The number of rotatable bonds is 0. The Kier molecular flexibility index (Phi) is 2.20. The van der Waals surface area contributed by atoms with Gasteiger partial charge in [-0.25, -0.2) is 0 Å². The molecule has 14 heavy (non-hydrogen) atoms. The fourth-order valence-electron chi connectivity index (χ4n) is 1.61. The van der Waals surface area contributed by atoms with Crippen LogP contribution in [0.15, 0.2) is 18.2 Å². The second-order valence-corrected chi connectivity index (χ2v) is 3.64. The second kappa shape index (κ2) is 3.14. The normalized spacial score (nSPS) is 21.0. The van der Waals surface area contributed by atoms with E-state index in [9.17, 15) is 13.2 Å². The van der Waals surface area contributed by atoms with Crippen LogP contribution in [0.2, 0.25) is 5.02 Å². The zero-order valence-corrected chi connectivity index (χ0v) is 7.78. The Bertz CT molecular complexity index is 362. The van der Waals surface area contributed by atoms with Gasteiger partial charge >= 0.3 is 6.18 Å². The Hall–Kier alpha value is -0.740. The van der Waals surface area contributed by atoms with Gasteiger partial charge in [0.1, 0.15) is 6.04 Å². The Morgan fingerprint density at radius 1 is 1.36 bits per heavy atom. The van der Waals surface area contributed by atoms with Gasteiger partial charge in [-0.05, 0) is 23.3 Å².